The summed E-state index contributed by atoms with van der Waals surface area (Å²) in [6, 6.07) is 4.60. The first-order valence-corrected chi connectivity index (χ1v) is 7.92. The van der Waals surface area contributed by atoms with Crippen LogP contribution >= 0.6 is 11.8 Å². The van der Waals surface area contributed by atoms with E-state index in [-0.39, 0.29) is 15.3 Å². The number of aromatic nitrogens is 1. The third-order valence-corrected chi connectivity index (χ3v) is 5.04. The lowest BCUT2D eigenvalue weighted by atomic mass is 10.2. The average Bonchev–Trinajstić information content (AvgIpc) is 2.37. The van der Waals surface area contributed by atoms with Gasteiger partial charge in [0.2, 0.25) is 10.0 Å². The van der Waals surface area contributed by atoms with Crippen molar-refractivity contribution >= 4 is 21.8 Å². The summed E-state index contributed by atoms with van der Waals surface area (Å²) in [7, 11) is -3.56. The standard InChI is InChI=1S/C11H15N3O2S2/c1-11(2,17-3)8-14-18(15,16)10-5-4-9(6-12)13-7-10/h4-5,7,14H,8H2,1-3H3. The van der Waals surface area contributed by atoms with Gasteiger partial charge in [0.1, 0.15) is 16.7 Å². The van der Waals surface area contributed by atoms with Crippen molar-refractivity contribution in [3.05, 3.63) is 24.0 Å². The molecule has 0 aliphatic carbocycles. The first kappa shape index (κ1) is 15.0. The Kier molecular flexibility index (Phi) is 4.73. The van der Waals surface area contributed by atoms with Crippen LogP contribution in [0.1, 0.15) is 19.5 Å². The number of thioether (sulfide) groups is 1. The lowest BCUT2D eigenvalue weighted by Crippen LogP contribution is -2.36. The number of hydrogen-bond acceptors (Lipinski definition) is 5. The Morgan fingerprint density at radius 3 is 2.61 bits per heavy atom. The Labute approximate surface area is 112 Å². The molecule has 0 amide bonds. The summed E-state index contributed by atoms with van der Waals surface area (Å²) >= 11 is 1.58. The monoisotopic (exact) mass is 285 g/mol. The van der Waals surface area contributed by atoms with Crippen molar-refractivity contribution in [1.82, 2.24) is 9.71 Å². The second-order valence-corrected chi connectivity index (χ2v) is 7.56. The van der Waals surface area contributed by atoms with E-state index in [1.165, 1.54) is 18.3 Å². The van der Waals surface area contributed by atoms with Crippen LogP contribution in [-0.4, -0.2) is 30.9 Å². The minimum atomic E-state index is -3.56. The number of nitrogens with zero attached hydrogens (tertiary/aromatic N) is 2. The molecule has 1 aromatic rings. The summed E-state index contributed by atoms with van der Waals surface area (Å²) < 4.78 is 26.3. The van der Waals surface area contributed by atoms with Gasteiger partial charge in [-0.25, -0.2) is 18.1 Å². The minimum Gasteiger partial charge on any atom is -0.244 e. The molecule has 0 saturated heterocycles. The van der Waals surface area contributed by atoms with Gasteiger partial charge in [0.05, 0.1) is 0 Å². The van der Waals surface area contributed by atoms with Gasteiger partial charge in [-0.15, -0.1) is 0 Å². The summed E-state index contributed by atoms with van der Waals surface area (Å²) in [6.45, 7) is 4.24. The molecule has 0 aliphatic heterocycles. The van der Waals surface area contributed by atoms with Crippen molar-refractivity contribution in [3.8, 4) is 6.07 Å². The Balaban J connectivity index is 2.84. The number of hydrogen-bond donors (Lipinski definition) is 1. The van der Waals surface area contributed by atoms with E-state index in [2.05, 4.69) is 9.71 Å². The van der Waals surface area contributed by atoms with Crippen LogP contribution < -0.4 is 4.72 Å². The highest BCUT2D eigenvalue weighted by molar-refractivity contribution is 8.00. The van der Waals surface area contributed by atoms with Gasteiger partial charge in [-0.05, 0) is 32.2 Å². The summed E-state index contributed by atoms with van der Waals surface area (Å²) in [6.07, 6.45) is 3.12. The molecule has 7 heteroatoms. The van der Waals surface area contributed by atoms with Crippen molar-refractivity contribution in [2.75, 3.05) is 12.8 Å². The number of rotatable bonds is 5. The van der Waals surface area contributed by atoms with E-state index in [0.29, 0.717) is 6.54 Å². The first-order chi connectivity index (χ1) is 8.30. The predicted molar refractivity (Wildman–Crippen MR) is 71.7 cm³/mol. The van der Waals surface area contributed by atoms with Gasteiger partial charge in [-0.2, -0.15) is 17.0 Å². The molecule has 1 N–H and O–H groups in total. The summed E-state index contributed by atoms with van der Waals surface area (Å²) in [5, 5.41) is 8.59. The molecule has 0 fully saturated rings. The van der Waals surface area contributed by atoms with E-state index in [4.69, 9.17) is 5.26 Å². The van der Waals surface area contributed by atoms with Crippen molar-refractivity contribution in [3.63, 3.8) is 0 Å². The van der Waals surface area contributed by atoms with Crippen molar-refractivity contribution < 1.29 is 8.42 Å². The zero-order valence-electron chi connectivity index (χ0n) is 10.5. The van der Waals surface area contributed by atoms with Gasteiger partial charge < -0.3 is 0 Å². The van der Waals surface area contributed by atoms with Crippen LogP contribution in [0.15, 0.2) is 23.2 Å². The van der Waals surface area contributed by atoms with Crippen molar-refractivity contribution in [2.24, 2.45) is 0 Å². The van der Waals surface area contributed by atoms with Gasteiger partial charge in [-0.1, -0.05) is 0 Å². The zero-order chi connectivity index (χ0) is 13.8. The van der Waals surface area contributed by atoms with E-state index >= 15 is 0 Å². The van der Waals surface area contributed by atoms with Gasteiger partial charge in [0.25, 0.3) is 0 Å². The Morgan fingerprint density at radius 2 is 2.17 bits per heavy atom. The molecule has 0 saturated carbocycles. The number of sulfonamides is 1. The lowest BCUT2D eigenvalue weighted by Gasteiger charge is -2.22. The molecule has 1 heterocycles. The molecule has 0 spiro atoms. The highest BCUT2D eigenvalue weighted by Crippen LogP contribution is 2.20. The maximum Gasteiger partial charge on any atom is 0.242 e. The second kappa shape index (κ2) is 5.69. The fraction of sp³-hybridized carbons (Fsp3) is 0.455. The van der Waals surface area contributed by atoms with Gasteiger partial charge in [0, 0.05) is 17.5 Å². The molecule has 0 radical (unpaired) electrons. The molecule has 98 valence electrons. The topological polar surface area (TPSA) is 82.9 Å². The lowest BCUT2D eigenvalue weighted by molar-refractivity contribution is 0.570. The SMILES string of the molecule is CSC(C)(C)CNS(=O)(=O)c1ccc(C#N)nc1. The van der Waals surface area contributed by atoms with E-state index in [9.17, 15) is 8.42 Å². The predicted octanol–water partition coefficient (Wildman–Crippen LogP) is 1.37. The molecule has 0 bridgehead atoms. The van der Waals surface area contributed by atoms with Crippen LogP contribution in [0.25, 0.3) is 0 Å². The van der Waals surface area contributed by atoms with Crippen molar-refractivity contribution in [1.29, 1.82) is 5.26 Å². The van der Waals surface area contributed by atoms with Crippen LogP contribution in [0.3, 0.4) is 0 Å². The molecule has 0 atom stereocenters. The number of nitriles is 1. The quantitative estimate of drug-likeness (QED) is 0.883. The van der Waals surface area contributed by atoms with Crippen molar-refractivity contribution in [2.45, 2.75) is 23.5 Å². The Bertz CT molecular complexity index is 545. The largest absolute Gasteiger partial charge is 0.244 e. The maximum absolute atomic E-state index is 12.0. The maximum atomic E-state index is 12.0. The molecular weight excluding hydrogens is 270 g/mol. The van der Waals surface area contributed by atoms with Crippen LogP contribution in [0.5, 0.6) is 0 Å². The molecule has 18 heavy (non-hydrogen) atoms. The Morgan fingerprint density at radius 1 is 1.50 bits per heavy atom. The zero-order valence-corrected chi connectivity index (χ0v) is 12.1. The third-order valence-electron chi connectivity index (χ3n) is 2.40. The Hall–Kier alpha value is -1.10. The average molecular weight is 285 g/mol. The van der Waals surface area contributed by atoms with Crippen LogP contribution in [0.4, 0.5) is 0 Å². The molecule has 1 rings (SSSR count). The van der Waals surface area contributed by atoms with E-state index < -0.39 is 10.0 Å². The normalized spacial score (nSPS) is 12.1. The first-order valence-electron chi connectivity index (χ1n) is 5.22. The summed E-state index contributed by atoms with van der Waals surface area (Å²) in [5.41, 5.74) is 0.193. The summed E-state index contributed by atoms with van der Waals surface area (Å²) in [4.78, 5) is 3.81. The van der Waals surface area contributed by atoms with Gasteiger partial charge in [-0.3, -0.25) is 0 Å². The van der Waals surface area contributed by atoms with E-state index in [1.54, 1.807) is 11.8 Å². The molecular formula is C11H15N3O2S2. The minimum absolute atomic E-state index is 0.0680. The molecule has 1 aromatic heterocycles. The van der Waals surface area contributed by atoms with Gasteiger partial charge in [0.15, 0.2) is 0 Å². The van der Waals surface area contributed by atoms with Crippen LogP contribution in [0.2, 0.25) is 0 Å². The van der Waals surface area contributed by atoms with E-state index in [0.717, 1.165) is 0 Å². The highest BCUT2D eigenvalue weighted by atomic mass is 32.2. The second-order valence-electron chi connectivity index (χ2n) is 4.28. The number of pyridine rings is 1. The molecule has 0 unspecified atom stereocenters. The van der Waals surface area contributed by atoms with E-state index in [1.807, 2.05) is 26.2 Å². The smallest absolute Gasteiger partial charge is 0.242 e. The highest BCUT2D eigenvalue weighted by Gasteiger charge is 2.21. The molecule has 0 aromatic carbocycles. The third kappa shape index (κ3) is 3.98. The molecule has 5 nitrogen and oxygen atoms in total. The van der Waals surface area contributed by atoms with Crippen LogP contribution in [0, 0.1) is 11.3 Å². The van der Waals surface area contributed by atoms with Gasteiger partial charge >= 0.3 is 0 Å². The van der Waals surface area contributed by atoms with Crippen LogP contribution in [-0.2, 0) is 10.0 Å². The fourth-order valence-corrected chi connectivity index (χ4v) is 2.49. The fourth-order valence-electron chi connectivity index (χ4n) is 1.03. The number of nitrogens with one attached hydrogen (secondary N) is 1. The summed E-state index contributed by atoms with van der Waals surface area (Å²) in [5.74, 6) is 0. The molecule has 0 aliphatic rings.